The first-order valence-electron chi connectivity index (χ1n) is 5.85. The molecule has 0 aromatic rings. The predicted molar refractivity (Wildman–Crippen MR) is 65.3 cm³/mol. The van der Waals surface area contributed by atoms with Crippen molar-refractivity contribution in [1.29, 1.82) is 0 Å². The average Bonchev–Trinajstić information content (AvgIpc) is 2.22. The van der Waals surface area contributed by atoms with E-state index in [1.807, 2.05) is 0 Å². The van der Waals surface area contributed by atoms with E-state index in [-0.39, 0.29) is 0 Å². The molecule has 18 heavy (non-hydrogen) atoms. The zero-order valence-electron chi connectivity index (χ0n) is 12.5. The maximum Gasteiger partial charge on any atom is 0.235 e. The van der Waals surface area contributed by atoms with Crippen LogP contribution in [-0.2, 0) is 19.6 Å². The van der Waals surface area contributed by atoms with Crippen molar-refractivity contribution in [3.05, 3.63) is 0 Å². The van der Waals surface area contributed by atoms with Gasteiger partial charge in [-0.1, -0.05) is 41.5 Å². The highest BCUT2D eigenvalue weighted by Gasteiger charge is 2.48. The van der Waals surface area contributed by atoms with Crippen LogP contribution in [0.4, 0.5) is 0 Å². The van der Waals surface area contributed by atoms with Gasteiger partial charge in [-0.2, -0.15) is 9.78 Å². The molecular weight excluding hydrogens is 240 g/mol. The molecule has 0 saturated carbocycles. The second-order valence-corrected chi connectivity index (χ2v) is 6.74. The quantitative estimate of drug-likeness (QED) is 0.451. The van der Waals surface area contributed by atoms with Crippen LogP contribution in [-0.4, -0.2) is 22.1 Å². The number of rotatable bonds is 5. The van der Waals surface area contributed by atoms with Crippen molar-refractivity contribution in [1.82, 2.24) is 0 Å². The molecule has 6 heteroatoms. The molecule has 0 heterocycles. The fourth-order valence-corrected chi connectivity index (χ4v) is 0.713. The summed E-state index contributed by atoms with van der Waals surface area (Å²) in [6, 6.07) is 0. The summed E-state index contributed by atoms with van der Waals surface area (Å²) in [6.45, 7) is 13.9. The maximum absolute atomic E-state index is 8.98. The van der Waals surface area contributed by atoms with Gasteiger partial charge < -0.3 is 0 Å². The van der Waals surface area contributed by atoms with E-state index in [1.165, 1.54) is 13.8 Å². The molecule has 0 fully saturated rings. The topological polar surface area (TPSA) is 77.4 Å². The summed E-state index contributed by atoms with van der Waals surface area (Å²) in [7, 11) is 0. The molecule has 2 unspecified atom stereocenters. The molecule has 6 nitrogen and oxygen atoms in total. The van der Waals surface area contributed by atoms with Gasteiger partial charge in [-0.05, 0) is 13.8 Å². The zero-order valence-corrected chi connectivity index (χ0v) is 12.5. The smallest absolute Gasteiger partial charge is 0.235 e. The van der Waals surface area contributed by atoms with E-state index in [9.17, 15) is 0 Å². The molecule has 0 bridgehead atoms. The lowest BCUT2D eigenvalue weighted by molar-refractivity contribution is -0.590. The minimum absolute atomic E-state index is 0.560. The molecule has 0 aromatic carbocycles. The summed E-state index contributed by atoms with van der Waals surface area (Å²) in [4.78, 5) is 19.1. The summed E-state index contributed by atoms with van der Waals surface area (Å²) < 4.78 is 0. The van der Waals surface area contributed by atoms with E-state index in [1.54, 1.807) is 41.5 Å². The largest absolute Gasteiger partial charge is 0.249 e. The van der Waals surface area contributed by atoms with Crippen LogP contribution in [0, 0.1) is 10.8 Å². The summed E-state index contributed by atoms with van der Waals surface area (Å²) in [5.74, 6) is -2.81. The number of hydrogen-bond donors (Lipinski definition) is 2. The molecule has 110 valence electrons. The molecule has 0 amide bonds. The molecule has 0 aliphatic heterocycles. The standard InChI is InChI=1S/C12H26O6/c1-9(2,3)11(7,15-13)17-18-12(8,16-14)10(4,5)6/h13-14H,1-8H3. The Bertz CT molecular complexity index is 239. The first kappa shape index (κ1) is 17.8. The Morgan fingerprint density at radius 3 is 0.889 bits per heavy atom. The SMILES string of the molecule is CC(C)(C)C(C)(OO)OOC(C)(OO)C(C)(C)C. The van der Waals surface area contributed by atoms with Crippen LogP contribution in [0.15, 0.2) is 0 Å². The van der Waals surface area contributed by atoms with Gasteiger partial charge in [0.25, 0.3) is 0 Å². The zero-order chi connectivity index (χ0) is 14.8. The Labute approximate surface area is 109 Å². The molecular formula is C12H26O6. The Morgan fingerprint density at radius 1 is 0.556 bits per heavy atom. The highest BCUT2D eigenvalue weighted by Crippen LogP contribution is 2.39. The van der Waals surface area contributed by atoms with E-state index < -0.39 is 22.4 Å². The van der Waals surface area contributed by atoms with Gasteiger partial charge in [0.2, 0.25) is 11.6 Å². The molecule has 0 aliphatic carbocycles. The van der Waals surface area contributed by atoms with Crippen molar-refractivity contribution in [3.63, 3.8) is 0 Å². The van der Waals surface area contributed by atoms with Crippen LogP contribution in [0.5, 0.6) is 0 Å². The van der Waals surface area contributed by atoms with Gasteiger partial charge in [-0.3, -0.25) is 0 Å². The molecule has 0 spiro atoms. The van der Waals surface area contributed by atoms with E-state index >= 15 is 0 Å². The van der Waals surface area contributed by atoms with Crippen molar-refractivity contribution in [2.45, 2.75) is 67.0 Å². The lowest BCUT2D eigenvalue weighted by Gasteiger charge is -2.42. The molecule has 0 aliphatic rings. The third-order valence-electron chi connectivity index (χ3n) is 3.43. The minimum Gasteiger partial charge on any atom is -0.249 e. The van der Waals surface area contributed by atoms with Crippen molar-refractivity contribution in [2.24, 2.45) is 10.8 Å². The van der Waals surface area contributed by atoms with Gasteiger partial charge in [-0.25, -0.2) is 20.3 Å². The fraction of sp³-hybridized carbons (Fsp3) is 1.00. The summed E-state index contributed by atoms with van der Waals surface area (Å²) in [5.41, 5.74) is -1.12. The molecule has 0 radical (unpaired) electrons. The average molecular weight is 266 g/mol. The van der Waals surface area contributed by atoms with Crippen molar-refractivity contribution in [2.75, 3.05) is 0 Å². The van der Waals surface area contributed by atoms with Gasteiger partial charge >= 0.3 is 0 Å². The van der Waals surface area contributed by atoms with Crippen molar-refractivity contribution < 1.29 is 30.1 Å². The highest BCUT2D eigenvalue weighted by molar-refractivity contribution is 4.80. The summed E-state index contributed by atoms with van der Waals surface area (Å²) >= 11 is 0. The normalized spacial score (nSPS) is 20.3. The van der Waals surface area contributed by atoms with Gasteiger partial charge in [0.1, 0.15) is 0 Å². The highest BCUT2D eigenvalue weighted by atomic mass is 17.3. The third-order valence-corrected chi connectivity index (χ3v) is 3.43. The third kappa shape index (κ3) is 3.63. The Hall–Kier alpha value is -0.240. The number of hydrogen-bond acceptors (Lipinski definition) is 6. The van der Waals surface area contributed by atoms with Crippen molar-refractivity contribution in [3.8, 4) is 0 Å². The lowest BCUT2D eigenvalue weighted by Crippen LogP contribution is -2.51. The van der Waals surface area contributed by atoms with Crippen LogP contribution in [0.25, 0.3) is 0 Å². The molecule has 2 N–H and O–H groups in total. The van der Waals surface area contributed by atoms with Crippen molar-refractivity contribution >= 4 is 0 Å². The van der Waals surface area contributed by atoms with Crippen LogP contribution in [0.3, 0.4) is 0 Å². The minimum atomic E-state index is -1.40. The van der Waals surface area contributed by atoms with E-state index in [2.05, 4.69) is 9.78 Å². The second-order valence-electron chi connectivity index (χ2n) is 6.74. The molecule has 2 atom stereocenters. The lowest BCUT2D eigenvalue weighted by atomic mass is 9.86. The van der Waals surface area contributed by atoms with Crippen LogP contribution < -0.4 is 0 Å². The first-order chi connectivity index (χ1) is 7.83. The van der Waals surface area contributed by atoms with E-state index in [0.717, 1.165) is 0 Å². The van der Waals surface area contributed by atoms with Gasteiger partial charge in [0, 0.05) is 10.8 Å². The van der Waals surface area contributed by atoms with Crippen LogP contribution in [0.2, 0.25) is 0 Å². The van der Waals surface area contributed by atoms with E-state index in [0.29, 0.717) is 0 Å². The van der Waals surface area contributed by atoms with Gasteiger partial charge in [0.05, 0.1) is 0 Å². The molecule has 0 saturated heterocycles. The van der Waals surface area contributed by atoms with Crippen LogP contribution in [0.1, 0.15) is 55.4 Å². The van der Waals surface area contributed by atoms with Crippen LogP contribution >= 0.6 is 0 Å². The second kappa shape index (κ2) is 5.40. The predicted octanol–water partition coefficient (Wildman–Crippen LogP) is 3.44. The maximum atomic E-state index is 8.98. The Morgan fingerprint density at radius 2 is 0.778 bits per heavy atom. The van der Waals surface area contributed by atoms with E-state index in [4.69, 9.17) is 20.3 Å². The van der Waals surface area contributed by atoms with Gasteiger partial charge in [0.15, 0.2) is 0 Å². The molecule has 0 aromatic heterocycles. The summed E-state index contributed by atoms with van der Waals surface area (Å²) in [6.07, 6.45) is 0. The van der Waals surface area contributed by atoms with Gasteiger partial charge in [-0.15, -0.1) is 0 Å². The Kier molecular flexibility index (Phi) is 5.33. The summed E-state index contributed by atoms with van der Waals surface area (Å²) in [5, 5.41) is 18.0. The fourth-order valence-electron chi connectivity index (χ4n) is 0.713. The first-order valence-corrected chi connectivity index (χ1v) is 5.85. The molecule has 0 rings (SSSR count). The monoisotopic (exact) mass is 266 g/mol. The Balaban J connectivity index is 4.93.